The van der Waals surface area contributed by atoms with Gasteiger partial charge in [-0.1, -0.05) is 162 Å². The minimum Gasteiger partial charge on any atom is -0.453 e. The van der Waals surface area contributed by atoms with Crippen LogP contribution >= 0.6 is 15.9 Å². The van der Waals surface area contributed by atoms with Crippen LogP contribution in [0.5, 0.6) is 23.0 Å². The summed E-state index contributed by atoms with van der Waals surface area (Å²) in [5.74, 6) is 3.47. The first-order valence-electron chi connectivity index (χ1n) is 28.4. The Balaban J connectivity index is 0.000000117. The molecule has 404 valence electrons. The molecular weight excluding hydrogens is 1110 g/mol. The third-order valence-corrected chi connectivity index (χ3v) is 16.6. The predicted octanol–water partition coefficient (Wildman–Crippen LogP) is 21.3. The average Bonchev–Trinajstić information content (AvgIpc) is 1.94. The number of hydrogen-bond acceptors (Lipinski definition) is 4. The molecule has 8 nitrogen and oxygen atoms in total. The zero-order valence-corrected chi connectivity index (χ0v) is 47.4. The Labute approximate surface area is 498 Å². The molecule has 2 aliphatic rings. The zero-order chi connectivity index (χ0) is 56.4. The summed E-state index contributed by atoms with van der Waals surface area (Å²) in [6.45, 7) is 0. The fourth-order valence-corrected chi connectivity index (χ4v) is 12.8. The van der Waals surface area contributed by atoms with E-state index in [0.29, 0.717) is 0 Å². The molecule has 0 fully saturated rings. The topological polar surface area (TPSA) is 53.5 Å². The summed E-state index contributed by atoms with van der Waals surface area (Å²) in [7, 11) is 0. The van der Waals surface area contributed by atoms with Crippen LogP contribution in [0.15, 0.2) is 308 Å². The first-order valence-corrected chi connectivity index (χ1v) is 29.2. The van der Waals surface area contributed by atoms with Crippen molar-refractivity contribution in [2.24, 2.45) is 0 Å². The van der Waals surface area contributed by atoms with Crippen molar-refractivity contribution in [3.05, 3.63) is 308 Å². The van der Waals surface area contributed by atoms with Crippen LogP contribution in [-0.4, -0.2) is 18.3 Å². The van der Waals surface area contributed by atoms with Gasteiger partial charge in [0.15, 0.2) is 23.0 Å². The Morgan fingerprint density at radius 3 is 1.19 bits per heavy atom. The van der Waals surface area contributed by atoms with Gasteiger partial charge in [-0.05, 0) is 146 Å². The SMILES string of the molecule is Brc1ccc2c(c1)c1ccc3ccn(-c4ccccc4)c3c1n2-c1ccccc1.c1ccc(-n2ccc3ccc4c5cc(N6c7ccccc7Oc7ccccc76)ccc5n(-c5ccccc5)c4c32)cc1.c1ccc2c(c1)Nc1ccccc1O2. The minimum atomic E-state index is 0.852. The maximum absolute atomic E-state index is 6.29. The van der Waals surface area contributed by atoms with Crippen molar-refractivity contribution >= 4 is 110 Å². The van der Waals surface area contributed by atoms with Crippen molar-refractivity contribution < 1.29 is 9.47 Å². The van der Waals surface area contributed by atoms with Gasteiger partial charge in [0, 0.05) is 77.6 Å². The van der Waals surface area contributed by atoms with E-state index in [2.05, 4.69) is 275 Å². The molecule has 0 saturated heterocycles. The largest absolute Gasteiger partial charge is 0.453 e. The lowest BCUT2D eigenvalue weighted by atomic mass is 10.1. The van der Waals surface area contributed by atoms with Gasteiger partial charge in [0.25, 0.3) is 0 Å². The predicted molar refractivity (Wildman–Crippen MR) is 354 cm³/mol. The zero-order valence-electron chi connectivity index (χ0n) is 45.8. The number of anilines is 5. The first-order chi connectivity index (χ1) is 42.1. The van der Waals surface area contributed by atoms with E-state index in [-0.39, 0.29) is 0 Å². The van der Waals surface area contributed by atoms with Gasteiger partial charge in [-0.25, -0.2) is 0 Å². The molecule has 6 heterocycles. The lowest BCUT2D eigenvalue weighted by Gasteiger charge is -2.32. The number of benzene rings is 12. The molecule has 2 aliphatic heterocycles. The summed E-state index contributed by atoms with van der Waals surface area (Å²) in [6, 6.07) is 102. The number of nitrogens with zero attached hydrogens (tertiary/aromatic N) is 5. The number of aromatic nitrogens is 4. The summed E-state index contributed by atoms with van der Waals surface area (Å²) in [5.41, 5.74) is 17.0. The summed E-state index contributed by atoms with van der Waals surface area (Å²) in [6.07, 6.45) is 4.35. The van der Waals surface area contributed by atoms with Crippen LogP contribution < -0.4 is 19.7 Å². The van der Waals surface area contributed by atoms with E-state index in [1.807, 2.05) is 72.8 Å². The molecule has 0 unspecified atom stereocenters. The smallest absolute Gasteiger partial charge is 0.151 e. The fourth-order valence-electron chi connectivity index (χ4n) is 12.4. The first kappa shape index (κ1) is 49.8. The second-order valence-corrected chi connectivity index (χ2v) is 22.1. The van der Waals surface area contributed by atoms with Crippen molar-refractivity contribution in [1.29, 1.82) is 0 Å². The van der Waals surface area contributed by atoms with Crippen LogP contribution in [0.4, 0.5) is 28.4 Å². The number of fused-ring (bicyclic) bond motifs is 14. The van der Waals surface area contributed by atoms with Crippen molar-refractivity contribution in [2.75, 3.05) is 10.2 Å². The molecular formula is C76H51BrN6O2. The summed E-state index contributed by atoms with van der Waals surface area (Å²) in [4.78, 5) is 2.31. The minimum absolute atomic E-state index is 0.852. The van der Waals surface area contributed by atoms with Gasteiger partial charge in [0.05, 0.1) is 55.8 Å². The molecule has 85 heavy (non-hydrogen) atoms. The lowest BCUT2D eigenvalue weighted by molar-refractivity contribution is 0.477. The van der Waals surface area contributed by atoms with Crippen LogP contribution in [0.2, 0.25) is 0 Å². The molecule has 0 amide bonds. The van der Waals surface area contributed by atoms with E-state index in [1.165, 1.54) is 76.8 Å². The molecule has 12 aromatic carbocycles. The van der Waals surface area contributed by atoms with Crippen LogP contribution in [0.3, 0.4) is 0 Å². The highest BCUT2D eigenvalue weighted by atomic mass is 79.9. The third-order valence-electron chi connectivity index (χ3n) is 16.2. The van der Waals surface area contributed by atoms with Crippen molar-refractivity contribution in [3.8, 4) is 45.7 Å². The Hall–Kier alpha value is -11.0. The molecule has 16 aromatic rings. The monoisotopic (exact) mass is 1160 g/mol. The quantitative estimate of drug-likeness (QED) is 0.187. The molecule has 1 N–H and O–H groups in total. The normalized spacial score (nSPS) is 12.1. The maximum Gasteiger partial charge on any atom is 0.151 e. The summed E-state index contributed by atoms with van der Waals surface area (Å²) < 4.78 is 22.5. The van der Waals surface area contributed by atoms with Gasteiger partial charge in [-0.3, -0.25) is 0 Å². The van der Waals surface area contributed by atoms with Gasteiger partial charge >= 0.3 is 0 Å². The molecule has 4 aromatic heterocycles. The Kier molecular flexibility index (Phi) is 12.2. The molecule has 0 atom stereocenters. The van der Waals surface area contributed by atoms with Crippen LogP contribution in [0.25, 0.3) is 88.2 Å². The van der Waals surface area contributed by atoms with E-state index < -0.39 is 0 Å². The van der Waals surface area contributed by atoms with Crippen molar-refractivity contribution in [1.82, 2.24) is 18.3 Å². The number of halogens is 1. The Bertz CT molecular complexity index is 5050. The van der Waals surface area contributed by atoms with E-state index in [9.17, 15) is 0 Å². The highest BCUT2D eigenvalue weighted by Crippen LogP contribution is 2.51. The van der Waals surface area contributed by atoms with Crippen LogP contribution in [0.1, 0.15) is 0 Å². The van der Waals surface area contributed by atoms with Gasteiger partial charge in [-0.15, -0.1) is 0 Å². The summed E-state index contributed by atoms with van der Waals surface area (Å²) >= 11 is 3.66. The second-order valence-electron chi connectivity index (χ2n) is 21.1. The molecule has 9 heteroatoms. The van der Waals surface area contributed by atoms with Gasteiger partial charge in [-0.2, -0.15) is 0 Å². The van der Waals surface area contributed by atoms with E-state index >= 15 is 0 Å². The molecule has 0 radical (unpaired) electrons. The number of rotatable bonds is 5. The number of hydrogen-bond donors (Lipinski definition) is 1. The maximum atomic E-state index is 6.29. The molecule has 0 saturated carbocycles. The number of para-hydroxylation sites is 12. The van der Waals surface area contributed by atoms with Crippen LogP contribution in [-0.2, 0) is 0 Å². The number of nitrogens with one attached hydrogen (secondary N) is 1. The van der Waals surface area contributed by atoms with Gasteiger partial charge in [0.2, 0.25) is 0 Å². The molecule has 18 rings (SSSR count). The van der Waals surface area contributed by atoms with E-state index in [4.69, 9.17) is 9.47 Å². The van der Waals surface area contributed by atoms with Crippen molar-refractivity contribution in [2.45, 2.75) is 0 Å². The highest BCUT2D eigenvalue weighted by molar-refractivity contribution is 9.10. The second kappa shape index (κ2) is 20.8. The standard InChI is InChI=1S/C38H25N3O.C26H17BrN2.C12H9NO/c1-3-11-27(12-4-1)39-24-23-26-19-21-30-31-25-29(20-22-32(31)41(38(30)37(26)39)28-13-5-2-6-14-28)40-33-15-7-9-17-35(33)42-36-18-10-8-16-34(36)40;27-19-12-14-24-23(17-19)22-13-11-18-15-16-28(20-7-3-1-4-8-20)25(18)26(22)29(24)21-9-5-2-6-10-21;1-3-7-11-9(5-1)13-10-6-2-4-8-12(10)14-11/h1-25H;1-17H;1-8,13H. The highest BCUT2D eigenvalue weighted by Gasteiger charge is 2.27. The molecule has 0 spiro atoms. The Morgan fingerprint density at radius 1 is 0.294 bits per heavy atom. The van der Waals surface area contributed by atoms with E-state index in [0.717, 1.165) is 67.3 Å². The van der Waals surface area contributed by atoms with Crippen LogP contribution in [0, 0.1) is 0 Å². The number of ether oxygens (including phenoxy) is 2. The average molecular weight is 1160 g/mol. The molecule has 0 bridgehead atoms. The van der Waals surface area contributed by atoms with Crippen molar-refractivity contribution in [3.63, 3.8) is 0 Å². The summed E-state index contributed by atoms with van der Waals surface area (Å²) in [5, 5.41) is 10.7. The third kappa shape index (κ3) is 8.59. The molecule has 0 aliphatic carbocycles. The lowest BCUT2D eigenvalue weighted by Crippen LogP contribution is -2.15. The fraction of sp³-hybridized carbons (Fsp3) is 0. The van der Waals surface area contributed by atoms with Gasteiger partial charge < -0.3 is 38.0 Å². The Morgan fingerprint density at radius 2 is 0.694 bits per heavy atom. The van der Waals surface area contributed by atoms with E-state index in [1.54, 1.807) is 0 Å². The van der Waals surface area contributed by atoms with Gasteiger partial charge in [0.1, 0.15) is 0 Å².